The number of hydrogen-bond donors (Lipinski definition) is 3. The first kappa shape index (κ1) is 25.7. The van der Waals surface area contributed by atoms with E-state index < -0.39 is 12.1 Å². The van der Waals surface area contributed by atoms with Gasteiger partial charge in [0.25, 0.3) is 5.91 Å². The number of amides is 1. The van der Waals surface area contributed by atoms with Gasteiger partial charge in [0.1, 0.15) is 5.82 Å². The Bertz CT molecular complexity index is 1130. The Labute approximate surface area is 197 Å². The minimum absolute atomic E-state index is 0.169. The fourth-order valence-corrected chi connectivity index (χ4v) is 3.29. The molecule has 0 radical (unpaired) electrons. The zero-order valence-electron chi connectivity index (χ0n) is 18.3. The molecule has 9 nitrogen and oxygen atoms in total. The van der Waals surface area contributed by atoms with Crippen molar-refractivity contribution in [2.24, 2.45) is 0 Å². The van der Waals surface area contributed by atoms with E-state index in [1.165, 1.54) is 24.5 Å². The molecule has 0 unspecified atom stereocenters. The van der Waals surface area contributed by atoms with Gasteiger partial charge in [0.2, 0.25) is 0 Å². The highest BCUT2D eigenvalue weighted by Crippen LogP contribution is 2.19. The Morgan fingerprint density at radius 1 is 1.14 bits per heavy atom. The Kier molecular flexibility index (Phi) is 8.47. The lowest BCUT2D eigenvalue weighted by atomic mass is 10.1. The van der Waals surface area contributed by atoms with Crippen molar-refractivity contribution in [1.82, 2.24) is 30.2 Å². The number of carbonyl (C=O) groups excluding carboxylic acids is 1. The van der Waals surface area contributed by atoms with Crippen molar-refractivity contribution in [1.29, 1.82) is 0 Å². The van der Waals surface area contributed by atoms with E-state index >= 15 is 0 Å². The molecule has 186 valence electrons. The van der Waals surface area contributed by atoms with Gasteiger partial charge < -0.3 is 20.3 Å². The lowest BCUT2D eigenvalue weighted by molar-refractivity contribution is -0.192. The average Bonchev–Trinajstić information content (AvgIpc) is 3.32. The van der Waals surface area contributed by atoms with Gasteiger partial charge in [0.05, 0.1) is 11.9 Å². The fourth-order valence-electron chi connectivity index (χ4n) is 3.29. The number of halogens is 4. The Morgan fingerprint density at radius 3 is 2.37 bits per heavy atom. The van der Waals surface area contributed by atoms with E-state index in [-0.39, 0.29) is 17.8 Å². The number of hydrogen-bond acceptors (Lipinski definition) is 6. The highest BCUT2D eigenvalue weighted by atomic mass is 19.4. The Balaban J connectivity index is 0.000000429. The summed E-state index contributed by atoms with van der Waals surface area (Å²) in [5, 5.41) is 13.4. The van der Waals surface area contributed by atoms with Crippen molar-refractivity contribution >= 4 is 11.9 Å². The van der Waals surface area contributed by atoms with Crippen LogP contribution in [0.2, 0.25) is 0 Å². The molecule has 2 aromatic heterocycles. The van der Waals surface area contributed by atoms with Gasteiger partial charge in [-0.25, -0.2) is 24.1 Å². The van der Waals surface area contributed by atoms with Gasteiger partial charge in [-0.15, -0.1) is 0 Å². The van der Waals surface area contributed by atoms with Gasteiger partial charge in [-0.2, -0.15) is 13.2 Å². The van der Waals surface area contributed by atoms with Crippen LogP contribution in [0.25, 0.3) is 11.4 Å². The number of imidazole rings is 1. The summed E-state index contributed by atoms with van der Waals surface area (Å²) in [6, 6.07) is 4.88. The molecule has 0 aliphatic carbocycles. The fraction of sp³-hybridized carbons (Fsp3) is 0.318. The summed E-state index contributed by atoms with van der Waals surface area (Å²) in [4.78, 5) is 33.8. The molecule has 4 rings (SSSR count). The van der Waals surface area contributed by atoms with E-state index in [9.17, 15) is 22.4 Å². The number of aliphatic carboxylic acids is 1. The van der Waals surface area contributed by atoms with Gasteiger partial charge in [-0.1, -0.05) is 0 Å². The summed E-state index contributed by atoms with van der Waals surface area (Å²) in [6.45, 7) is 2.31. The summed E-state index contributed by atoms with van der Waals surface area (Å²) < 4.78 is 47.7. The third-order valence-corrected chi connectivity index (χ3v) is 4.97. The van der Waals surface area contributed by atoms with Gasteiger partial charge >= 0.3 is 12.1 Å². The third kappa shape index (κ3) is 7.84. The highest BCUT2D eigenvalue weighted by Gasteiger charge is 2.38. The van der Waals surface area contributed by atoms with Gasteiger partial charge in [-0.3, -0.25) is 4.79 Å². The molecule has 1 saturated heterocycles. The van der Waals surface area contributed by atoms with Crippen molar-refractivity contribution in [2.75, 3.05) is 13.1 Å². The summed E-state index contributed by atoms with van der Waals surface area (Å²) >= 11 is 0. The second-order valence-corrected chi connectivity index (χ2v) is 7.68. The Morgan fingerprint density at radius 2 is 1.80 bits per heavy atom. The molecular formula is C22H22F4N6O3. The molecule has 3 heterocycles. The smallest absolute Gasteiger partial charge is 0.475 e. The molecular weight excluding hydrogens is 472 g/mol. The summed E-state index contributed by atoms with van der Waals surface area (Å²) in [6.07, 6.45) is 4.88. The zero-order chi connectivity index (χ0) is 25.4. The second-order valence-electron chi connectivity index (χ2n) is 7.68. The first-order valence-electron chi connectivity index (χ1n) is 10.5. The van der Waals surface area contributed by atoms with Crippen LogP contribution in [0.4, 0.5) is 17.6 Å². The minimum atomic E-state index is -5.08. The minimum Gasteiger partial charge on any atom is -0.475 e. The molecule has 1 aromatic carbocycles. The molecule has 0 atom stereocenters. The lowest BCUT2D eigenvalue weighted by Crippen LogP contribution is -2.42. The molecule has 1 amide bonds. The monoisotopic (exact) mass is 494 g/mol. The van der Waals surface area contributed by atoms with Gasteiger partial charge in [0.15, 0.2) is 5.82 Å². The van der Waals surface area contributed by atoms with Crippen LogP contribution >= 0.6 is 0 Å². The number of rotatable bonds is 5. The number of aromatic nitrogens is 4. The molecule has 0 spiro atoms. The number of nitrogens with zero attached hydrogens (tertiary/aromatic N) is 4. The largest absolute Gasteiger partial charge is 0.490 e. The van der Waals surface area contributed by atoms with Crippen LogP contribution in [0.1, 0.15) is 28.8 Å². The normalized spacial score (nSPS) is 14.1. The zero-order valence-corrected chi connectivity index (χ0v) is 18.3. The standard InChI is InChI=1S/C20H21FN6O.C2HF3O2/c21-17-8-14(12-27-6-5-23-13-27)7-15(9-17)19-24-10-16(11-25-19)20(28)26-18-1-3-22-4-2-18;3-2(4,5)1(6)7/h5-11,13,18,22H,1-4,12H2,(H,26,28);(H,6,7). The van der Waals surface area contributed by atoms with E-state index in [4.69, 9.17) is 9.90 Å². The summed E-state index contributed by atoms with van der Waals surface area (Å²) in [7, 11) is 0. The van der Waals surface area contributed by atoms with Crippen molar-refractivity contribution in [3.63, 3.8) is 0 Å². The number of benzene rings is 1. The molecule has 35 heavy (non-hydrogen) atoms. The number of nitrogens with one attached hydrogen (secondary N) is 2. The first-order chi connectivity index (χ1) is 16.6. The van der Waals surface area contributed by atoms with Crippen LogP contribution < -0.4 is 10.6 Å². The molecule has 1 fully saturated rings. The van der Waals surface area contributed by atoms with Crippen LogP contribution in [-0.4, -0.2) is 61.8 Å². The summed E-state index contributed by atoms with van der Waals surface area (Å²) in [5.74, 6) is -2.92. The van der Waals surface area contributed by atoms with Crippen LogP contribution in [0, 0.1) is 5.82 Å². The second kappa shape index (κ2) is 11.5. The maximum atomic E-state index is 14.1. The number of alkyl halides is 3. The van der Waals surface area contributed by atoms with Crippen molar-refractivity contribution in [3.05, 3.63) is 66.3 Å². The van der Waals surface area contributed by atoms with Gasteiger partial charge in [0, 0.05) is 42.9 Å². The number of carboxylic acid groups (broad SMARTS) is 1. The molecule has 1 aliphatic rings. The number of carbonyl (C=O) groups is 2. The van der Waals surface area contributed by atoms with Crippen LogP contribution in [-0.2, 0) is 11.3 Å². The number of piperidine rings is 1. The molecule has 3 aromatic rings. The third-order valence-electron chi connectivity index (χ3n) is 4.97. The predicted molar refractivity (Wildman–Crippen MR) is 116 cm³/mol. The van der Waals surface area contributed by atoms with Crippen LogP contribution in [0.5, 0.6) is 0 Å². The van der Waals surface area contributed by atoms with E-state index in [0.29, 0.717) is 23.5 Å². The predicted octanol–water partition coefficient (Wildman–Crippen LogP) is 2.64. The number of carboxylic acids is 1. The van der Waals surface area contributed by atoms with Crippen molar-refractivity contribution in [2.45, 2.75) is 31.6 Å². The van der Waals surface area contributed by atoms with E-state index in [0.717, 1.165) is 31.5 Å². The molecule has 3 N–H and O–H groups in total. The maximum Gasteiger partial charge on any atom is 0.490 e. The molecule has 0 saturated carbocycles. The lowest BCUT2D eigenvalue weighted by Gasteiger charge is -2.23. The quantitative estimate of drug-likeness (QED) is 0.466. The van der Waals surface area contributed by atoms with E-state index in [1.54, 1.807) is 12.5 Å². The van der Waals surface area contributed by atoms with Crippen LogP contribution in [0.3, 0.4) is 0 Å². The molecule has 13 heteroatoms. The SMILES string of the molecule is O=C(NC1CCNCC1)c1cnc(-c2cc(F)cc(Cn3ccnc3)c2)nc1.O=C(O)C(F)(F)F. The van der Waals surface area contributed by atoms with Crippen molar-refractivity contribution < 1.29 is 32.3 Å². The highest BCUT2D eigenvalue weighted by molar-refractivity contribution is 5.93. The molecule has 0 bridgehead atoms. The van der Waals surface area contributed by atoms with E-state index in [1.807, 2.05) is 16.8 Å². The van der Waals surface area contributed by atoms with Crippen LogP contribution in [0.15, 0.2) is 49.3 Å². The Hall–Kier alpha value is -3.87. The topological polar surface area (TPSA) is 122 Å². The maximum absolute atomic E-state index is 14.1. The first-order valence-corrected chi connectivity index (χ1v) is 10.5. The summed E-state index contributed by atoms with van der Waals surface area (Å²) in [5.41, 5.74) is 1.75. The molecule has 1 aliphatic heterocycles. The average molecular weight is 494 g/mol. The van der Waals surface area contributed by atoms with E-state index in [2.05, 4.69) is 25.6 Å². The van der Waals surface area contributed by atoms with Gasteiger partial charge in [-0.05, 0) is 49.7 Å². The van der Waals surface area contributed by atoms with Crippen molar-refractivity contribution in [3.8, 4) is 11.4 Å².